The first-order valence-corrected chi connectivity index (χ1v) is 6.28. The van der Waals surface area contributed by atoms with Crippen LogP contribution in [-0.2, 0) is 0 Å². The Kier molecular flexibility index (Phi) is 4.11. The van der Waals surface area contributed by atoms with Crippen LogP contribution < -0.4 is 5.32 Å². The summed E-state index contributed by atoms with van der Waals surface area (Å²) in [6.45, 7) is 0.0746. The van der Waals surface area contributed by atoms with Gasteiger partial charge in [-0.2, -0.15) is 0 Å². The molecule has 0 radical (unpaired) electrons. The fraction of sp³-hybridized carbons (Fsp3) is 0.462. The lowest BCUT2D eigenvalue weighted by Gasteiger charge is -2.18. The zero-order valence-electron chi connectivity index (χ0n) is 10.4. The van der Waals surface area contributed by atoms with Gasteiger partial charge < -0.3 is 10.4 Å². The van der Waals surface area contributed by atoms with Gasteiger partial charge in [0.05, 0.1) is 4.92 Å². The van der Waals surface area contributed by atoms with E-state index in [-0.39, 0.29) is 30.2 Å². The van der Waals surface area contributed by atoms with Crippen molar-refractivity contribution in [1.29, 1.82) is 0 Å². The molecule has 0 spiro atoms. The zero-order valence-corrected chi connectivity index (χ0v) is 10.4. The molecular weight excluding hydrogens is 248 g/mol. The van der Waals surface area contributed by atoms with Crippen molar-refractivity contribution in [3.8, 4) is 0 Å². The minimum Gasteiger partial charge on any atom is -0.396 e. The van der Waals surface area contributed by atoms with Crippen LogP contribution in [-0.4, -0.2) is 28.6 Å². The average molecular weight is 264 g/mol. The molecule has 0 heterocycles. The van der Waals surface area contributed by atoms with Crippen molar-refractivity contribution in [2.24, 2.45) is 5.92 Å². The molecule has 2 unspecified atom stereocenters. The van der Waals surface area contributed by atoms with E-state index >= 15 is 0 Å². The number of rotatable bonds is 4. The highest BCUT2D eigenvalue weighted by atomic mass is 16.6. The van der Waals surface area contributed by atoms with Gasteiger partial charge >= 0.3 is 0 Å². The van der Waals surface area contributed by atoms with Crippen molar-refractivity contribution < 1.29 is 14.8 Å². The molecule has 2 atom stereocenters. The predicted octanol–water partition coefficient (Wildman–Crippen LogP) is 1.49. The van der Waals surface area contributed by atoms with Crippen LogP contribution >= 0.6 is 0 Å². The van der Waals surface area contributed by atoms with Crippen molar-refractivity contribution in [2.45, 2.75) is 25.3 Å². The van der Waals surface area contributed by atoms with Gasteiger partial charge in [-0.1, -0.05) is 6.42 Å². The van der Waals surface area contributed by atoms with Crippen LogP contribution in [0.4, 0.5) is 5.69 Å². The molecule has 1 aliphatic carbocycles. The number of hydrogen-bond acceptors (Lipinski definition) is 4. The van der Waals surface area contributed by atoms with Gasteiger partial charge in [0.1, 0.15) is 0 Å². The van der Waals surface area contributed by atoms with E-state index in [1.807, 2.05) is 0 Å². The fourth-order valence-electron chi connectivity index (χ4n) is 2.43. The third-order valence-corrected chi connectivity index (χ3v) is 3.55. The van der Waals surface area contributed by atoms with Crippen LogP contribution in [0.2, 0.25) is 0 Å². The van der Waals surface area contributed by atoms with Crippen molar-refractivity contribution >= 4 is 11.6 Å². The number of carbonyl (C=O) groups is 1. The van der Waals surface area contributed by atoms with E-state index in [4.69, 9.17) is 0 Å². The largest absolute Gasteiger partial charge is 0.396 e. The lowest BCUT2D eigenvalue weighted by Crippen LogP contribution is -2.38. The summed E-state index contributed by atoms with van der Waals surface area (Å²) in [4.78, 5) is 22.0. The van der Waals surface area contributed by atoms with Gasteiger partial charge in [0.15, 0.2) is 0 Å². The van der Waals surface area contributed by atoms with Crippen LogP contribution in [0.1, 0.15) is 29.6 Å². The number of nitrogens with one attached hydrogen (secondary N) is 1. The molecule has 6 nitrogen and oxygen atoms in total. The second kappa shape index (κ2) is 5.79. The minimum absolute atomic E-state index is 0.00677. The number of aliphatic hydroxyl groups excluding tert-OH is 1. The third-order valence-electron chi connectivity index (χ3n) is 3.55. The van der Waals surface area contributed by atoms with E-state index in [0.29, 0.717) is 5.56 Å². The van der Waals surface area contributed by atoms with Crippen molar-refractivity contribution in [2.75, 3.05) is 6.61 Å². The first-order chi connectivity index (χ1) is 9.11. The van der Waals surface area contributed by atoms with Crippen molar-refractivity contribution in [3.63, 3.8) is 0 Å². The molecule has 102 valence electrons. The Morgan fingerprint density at radius 3 is 2.63 bits per heavy atom. The Morgan fingerprint density at radius 1 is 1.37 bits per heavy atom. The molecule has 1 aromatic carbocycles. The number of benzene rings is 1. The zero-order chi connectivity index (χ0) is 13.8. The van der Waals surface area contributed by atoms with Gasteiger partial charge in [-0.25, -0.2) is 0 Å². The Labute approximate surface area is 110 Å². The highest BCUT2D eigenvalue weighted by Crippen LogP contribution is 2.25. The van der Waals surface area contributed by atoms with Gasteiger partial charge in [0.2, 0.25) is 0 Å². The third kappa shape index (κ3) is 3.08. The number of nitro benzene ring substituents is 1. The van der Waals surface area contributed by atoms with Crippen LogP contribution in [0.5, 0.6) is 0 Å². The van der Waals surface area contributed by atoms with Gasteiger partial charge in [-0.05, 0) is 25.0 Å². The summed E-state index contributed by atoms with van der Waals surface area (Å²) in [7, 11) is 0. The number of hydrogen-bond donors (Lipinski definition) is 2. The molecule has 1 aromatic rings. The average Bonchev–Trinajstić information content (AvgIpc) is 2.86. The maximum atomic E-state index is 12.0. The molecule has 1 amide bonds. The minimum atomic E-state index is -0.500. The van der Waals surface area contributed by atoms with Crippen LogP contribution in [0.3, 0.4) is 0 Å². The highest BCUT2D eigenvalue weighted by molar-refractivity contribution is 5.94. The smallest absolute Gasteiger partial charge is 0.269 e. The normalized spacial score (nSPS) is 22.2. The van der Waals surface area contributed by atoms with E-state index in [1.165, 1.54) is 24.3 Å². The molecule has 0 aliphatic heterocycles. The second-order valence-corrected chi connectivity index (χ2v) is 4.76. The number of amides is 1. The second-order valence-electron chi connectivity index (χ2n) is 4.76. The van der Waals surface area contributed by atoms with Crippen molar-refractivity contribution in [1.82, 2.24) is 5.32 Å². The predicted molar refractivity (Wildman–Crippen MR) is 68.8 cm³/mol. The summed E-state index contributed by atoms with van der Waals surface area (Å²) in [5, 5.41) is 22.6. The summed E-state index contributed by atoms with van der Waals surface area (Å²) in [5.41, 5.74) is 0.361. The Bertz CT molecular complexity index is 472. The molecular formula is C13H16N2O4. The SMILES string of the molecule is O=C(NC1CCCC1CO)c1ccc([N+](=O)[O-])cc1. The summed E-state index contributed by atoms with van der Waals surface area (Å²) < 4.78 is 0. The summed E-state index contributed by atoms with van der Waals surface area (Å²) in [5.74, 6) is -0.137. The topological polar surface area (TPSA) is 92.5 Å². The molecule has 1 saturated carbocycles. The monoisotopic (exact) mass is 264 g/mol. The quantitative estimate of drug-likeness (QED) is 0.636. The number of aliphatic hydroxyl groups is 1. The van der Waals surface area contributed by atoms with Gasteiger partial charge in [0, 0.05) is 36.3 Å². The first kappa shape index (κ1) is 13.5. The highest BCUT2D eigenvalue weighted by Gasteiger charge is 2.28. The Morgan fingerprint density at radius 2 is 2.05 bits per heavy atom. The van der Waals surface area contributed by atoms with Crippen LogP contribution in [0.25, 0.3) is 0 Å². The van der Waals surface area contributed by atoms with Gasteiger partial charge in [-0.3, -0.25) is 14.9 Å². The first-order valence-electron chi connectivity index (χ1n) is 6.28. The molecule has 2 N–H and O–H groups in total. The number of nitrogens with zero attached hydrogens (tertiary/aromatic N) is 1. The molecule has 2 rings (SSSR count). The molecule has 6 heteroatoms. The van der Waals surface area contributed by atoms with E-state index < -0.39 is 4.92 Å². The standard InChI is InChI=1S/C13H16N2O4/c16-8-10-2-1-3-12(10)14-13(17)9-4-6-11(7-5-9)15(18)19/h4-7,10,12,16H,1-3,8H2,(H,14,17). The molecule has 1 fully saturated rings. The maximum Gasteiger partial charge on any atom is 0.269 e. The molecule has 19 heavy (non-hydrogen) atoms. The molecule has 1 aliphatic rings. The molecule has 0 aromatic heterocycles. The number of carbonyl (C=O) groups excluding carboxylic acids is 1. The van der Waals surface area contributed by atoms with E-state index in [9.17, 15) is 20.0 Å². The molecule has 0 saturated heterocycles. The summed E-state index contributed by atoms with van der Waals surface area (Å²) in [6.07, 6.45) is 2.78. The maximum absolute atomic E-state index is 12.0. The van der Waals surface area contributed by atoms with E-state index in [2.05, 4.69) is 5.32 Å². The van der Waals surface area contributed by atoms with E-state index in [0.717, 1.165) is 19.3 Å². The van der Waals surface area contributed by atoms with E-state index in [1.54, 1.807) is 0 Å². The van der Waals surface area contributed by atoms with Crippen molar-refractivity contribution in [3.05, 3.63) is 39.9 Å². The summed E-state index contributed by atoms with van der Waals surface area (Å²) >= 11 is 0. The van der Waals surface area contributed by atoms with Crippen LogP contribution in [0, 0.1) is 16.0 Å². The number of nitro groups is 1. The number of non-ortho nitro benzene ring substituents is 1. The summed E-state index contributed by atoms with van der Waals surface area (Å²) in [6, 6.07) is 5.50. The Hall–Kier alpha value is -1.95. The van der Waals surface area contributed by atoms with Gasteiger partial charge in [-0.15, -0.1) is 0 Å². The van der Waals surface area contributed by atoms with Crippen LogP contribution in [0.15, 0.2) is 24.3 Å². The lowest BCUT2D eigenvalue weighted by molar-refractivity contribution is -0.384. The fourth-order valence-corrected chi connectivity index (χ4v) is 2.43. The lowest BCUT2D eigenvalue weighted by atomic mass is 10.0. The van der Waals surface area contributed by atoms with Gasteiger partial charge in [0.25, 0.3) is 11.6 Å². The molecule has 0 bridgehead atoms. The Balaban J connectivity index is 2.01.